The van der Waals surface area contributed by atoms with Crippen molar-refractivity contribution in [2.45, 2.75) is 32.2 Å². The molecule has 2 heterocycles. The van der Waals surface area contributed by atoms with Crippen LogP contribution in [0.5, 0.6) is 0 Å². The van der Waals surface area contributed by atoms with Gasteiger partial charge in [-0.05, 0) is 50.5 Å². The molecule has 1 fully saturated rings. The van der Waals surface area contributed by atoms with Crippen molar-refractivity contribution < 1.29 is 14.0 Å². The molecular weight excluding hydrogens is 268 g/mol. The van der Waals surface area contributed by atoms with E-state index in [1.807, 2.05) is 13.0 Å². The molecule has 1 aliphatic rings. The van der Waals surface area contributed by atoms with Gasteiger partial charge in [0, 0.05) is 17.5 Å². The molecule has 3 rings (SSSR count). The molecule has 2 aromatic rings. The van der Waals surface area contributed by atoms with Gasteiger partial charge < -0.3 is 15.1 Å². The monoisotopic (exact) mass is 286 g/mol. The van der Waals surface area contributed by atoms with Crippen LogP contribution in [0.15, 0.2) is 28.7 Å². The lowest BCUT2D eigenvalue weighted by Crippen LogP contribution is -2.45. The Hall–Kier alpha value is -2.30. The molecule has 2 amide bonds. The van der Waals surface area contributed by atoms with Gasteiger partial charge in [0.05, 0.1) is 0 Å². The Bertz CT molecular complexity index is 690. The van der Waals surface area contributed by atoms with E-state index >= 15 is 0 Å². The number of hydrogen-bond donors (Lipinski definition) is 2. The lowest BCUT2D eigenvalue weighted by molar-refractivity contribution is -0.122. The summed E-state index contributed by atoms with van der Waals surface area (Å²) in [6, 6.07) is 6.74. The molecule has 5 nitrogen and oxygen atoms in total. The molecule has 1 aromatic heterocycles. The Morgan fingerprint density at radius 3 is 3.05 bits per heavy atom. The fraction of sp³-hybridized carbons (Fsp3) is 0.375. The zero-order chi connectivity index (χ0) is 14.8. The van der Waals surface area contributed by atoms with Crippen LogP contribution in [0.25, 0.3) is 11.0 Å². The van der Waals surface area contributed by atoms with E-state index in [1.54, 1.807) is 18.2 Å². The summed E-state index contributed by atoms with van der Waals surface area (Å²) in [5.41, 5.74) is 1.30. The van der Waals surface area contributed by atoms with E-state index in [0.29, 0.717) is 18.5 Å². The molecule has 1 aliphatic heterocycles. The average molecular weight is 286 g/mol. The van der Waals surface area contributed by atoms with E-state index in [9.17, 15) is 9.59 Å². The molecule has 0 saturated carbocycles. The number of fused-ring (bicyclic) bond motifs is 1. The SMILES string of the molecule is Cc1cc2cc(C(=O)NC3CCCCNC3=O)ccc2o1. The highest BCUT2D eigenvalue weighted by Crippen LogP contribution is 2.20. The van der Waals surface area contributed by atoms with Crippen molar-refractivity contribution in [3.8, 4) is 0 Å². The first kappa shape index (κ1) is 13.7. The van der Waals surface area contributed by atoms with Crippen molar-refractivity contribution in [2.24, 2.45) is 0 Å². The Balaban J connectivity index is 1.77. The van der Waals surface area contributed by atoms with Gasteiger partial charge in [-0.15, -0.1) is 0 Å². The Morgan fingerprint density at radius 1 is 1.33 bits per heavy atom. The topological polar surface area (TPSA) is 71.3 Å². The molecule has 0 spiro atoms. The predicted octanol–water partition coefficient (Wildman–Crippen LogP) is 2.14. The third-order valence-corrected chi connectivity index (χ3v) is 3.74. The number of amides is 2. The first-order valence-corrected chi connectivity index (χ1v) is 7.22. The molecule has 1 aromatic carbocycles. The van der Waals surface area contributed by atoms with Crippen LogP contribution >= 0.6 is 0 Å². The molecule has 1 atom stereocenters. The third-order valence-electron chi connectivity index (χ3n) is 3.74. The van der Waals surface area contributed by atoms with Crippen LogP contribution in [-0.4, -0.2) is 24.4 Å². The zero-order valence-electron chi connectivity index (χ0n) is 11.9. The molecule has 1 saturated heterocycles. The van der Waals surface area contributed by atoms with E-state index in [1.165, 1.54) is 0 Å². The van der Waals surface area contributed by atoms with Crippen molar-refractivity contribution in [3.05, 3.63) is 35.6 Å². The first-order chi connectivity index (χ1) is 10.1. The summed E-state index contributed by atoms with van der Waals surface area (Å²) in [6.45, 7) is 2.56. The highest BCUT2D eigenvalue weighted by atomic mass is 16.3. The van der Waals surface area contributed by atoms with E-state index in [-0.39, 0.29) is 11.8 Å². The van der Waals surface area contributed by atoms with Gasteiger partial charge in [0.2, 0.25) is 5.91 Å². The second-order valence-corrected chi connectivity index (χ2v) is 5.42. The van der Waals surface area contributed by atoms with E-state index < -0.39 is 6.04 Å². The standard InChI is InChI=1S/C16H18N2O3/c1-10-8-12-9-11(5-6-14(12)21-10)15(19)18-13-4-2-3-7-17-16(13)20/h5-6,8-9,13H,2-4,7H2,1H3,(H,17,20)(H,18,19). The van der Waals surface area contributed by atoms with Gasteiger partial charge in [-0.1, -0.05) is 0 Å². The number of aryl methyl sites for hydroxylation is 1. The second-order valence-electron chi connectivity index (χ2n) is 5.42. The summed E-state index contributed by atoms with van der Waals surface area (Å²) >= 11 is 0. The normalized spacial score (nSPS) is 19.1. The summed E-state index contributed by atoms with van der Waals surface area (Å²) in [7, 11) is 0. The number of benzene rings is 1. The molecule has 5 heteroatoms. The lowest BCUT2D eigenvalue weighted by atomic mass is 10.1. The zero-order valence-corrected chi connectivity index (χ0v) is 11.9. The van der Waals surface area contributed by atoms with Crippen LogP contribution in [0.2, 0.25) is 0 Å². The van der Waals surface area contributed by atoms with Crippen LogP contribution in [-0.2, 0) is 4.79 Å². The minimum atomic E-state index is -0.443. The van der Waals surface area contributed by atoms with Gasteiger partial charge >= 0.3 is 0 Å². The summed E-state index contributed by atoms with van der Waals surface area (Å²) < 4.78 is 5.49. The lowest BCUT2D eigenvalue weighted by Gasteiger charge is -2.15. The Morgan fingerprint density at radius 2 is 2.19 bits per heavy atom. The minimum absolute atomic E-state index is 0.0962. The Labute approximate surface area is 122 Å². The van der Waals surface area contributed by atoms with Crippen LogP contribution < -0.4 is 10.6 Å². The fourth-order valence-electron chi connectivity index (χ4n) is 2.64. The van der Waals surface area contributed by atoms with Crippen LogP contribution in [0.3, 0.4) is 0 Å². The van der Waals surface area contributed by atoms with Gasteiger partial charge in [0.25, 0.3) is 5.91 Å². The summed E-state index contributed by atoms with van der Waals surface area (Å²) in [5, 5.41) is 6.52. The van der Waals surface area contributed by atoms with Crippen molar-refractivity contribution in [3.63, 3.8) is 0 Å². The summed E-state index contributed by atoms with van der Waals surface area (Å²) in [5.74, 6) is 0.490. The van der Waals surface area contributed by atoms with E-state index in [0.717, 1.165) is 29.6 Å². The van der Waals surface area contributed by atoms with Gasteiger partial charge in [0.15, 0.2) is 0 Å². The highest BCUT2D eigenvalue weighted by Gasteiger charge is 2.23. The second kappa shape index (κ2) is 5.60. The molecule has 2 N–H and O–H groups in total. The van der Waals surface area contributed by atoms with Crippen LogP contribution in [0.4, 0.5) is 0 Å². The number of carbonyl (C=O) groups excluding carboxylic acids is 2. The van der Waals surface area contributed by atoms with Crippen LogP contribution in [0, 0.1) is 6.92 Å². The number of rotatable bonds is 2. The largest absolute Gasteiger partial charge is 0.461 e. The molecule has 0 bridgehead atoms. The predicted molar refractivity (Wildman–Crippen MR) is 79.1 cm³/mol. The third kappa shape index (κ3) is 2.91. The Kier molecular flexibility index (Phi) is 3.64. The summed E-state index contributed by atoms with van der Waals surface area (Å²) in [6.07, 6.45) is 2.58. The van der Waals surface area contributed by atoms with Gasteiger partial charge in [-0.2, -0.15) is 0 Å². The first-order valence-electron chi connectivity index (χ1n) is 7.22. The van der Waals surface area contributed by atoms with E-state index in [4.69, 9.17) is 4.42 Å². The smallest absolute Gasteiger partial charge is 0.251 e. The maximum atomic E-state index is 12.3. The fourth-order valence-corrected chi connectivity index (χ4v) is 2.64. The quantitative estimate of drug-likeness (QED) is 0.888. The molecule has 0 radical (unpaired) electrons. The number of carbonyl (C=O) groups is 2. The molecule has 0 aliphatic carbocycles. The molecule has 21 heavy (non-hydrogen) atoms. The van der Waals surface area contributed by atoms with Crippen molar-refractivity contribution >= 4 is 22.8 Å². The van der Waals surface area contributed by atoms with Gasteiger partial charge in [-0.25, -0.2) is 0 Å². The average Bonchev–Trinajstić information content (AvgIpc) is 2.72. The van der Waals surface area contributed by atoms with Gasteiger partial charge in [0.1, 0.15) is 17.4 Å². The molecular formula is C16H18N2O3. The van der Waals surface area contributed by atoms with Crippen molar-refractivity contribution in [1.82, 2.24) is 10.6 Å². The highest BCUT2D eigenvalue weighted by molar-refractivity contribution is 6.00. The number of nitrogens with one attached hydrogen (secondary N) is 2. The van der Waals surface area contributed by atoms with Crippen molar-refractivity contribution in [1.29, 1.82) is 0 Å². The van der Waals surface area contributed by atoms with Crippen LogP contribution in [0.1, 0.15) is 35.4 Å². The number of furan rings is 1. The minimum Gasteiger partial charge on any atom is -0.461 e. The molecule has 1 unspecified atom stereocenters. The van der Waals surface area contributed by atoms with E-state index in [2.05, 4.69) is 10.6 Å². The van der Waals surface area contributed by atoms with Crippen molar-refractivity contribution in [2.75, 3.05) is 6.54 Å². The maximum absolute atomic E-state index is 12.3. The summed E-state index contributed by atoms with van der Waals surface area (Å²) in [4.78, 5) is 24.2. The molecule has 110 valence electrons. The van der Waals surface area contributed by atoms with Gasteiger partial charge in [-0.3, -0.25) is 9.59 Å². The maximum Gasteiger partial charge on any atom is 0.251 e. The number of hydrogen-bond acceptors (Lipinski definition) is 3.